The molecule has 0 saturated heterocycles. The van der Waals surface area contributed by atoms with E-state index in [-0.39, 0.29) is 5.56 Å². The van der Waals surface area contributed by atoms with Crippen molar-refractivity contribution in [3.05, 3.63) is 64.2 Å². The van der Waals surface area contributed by atoms with Crippen LogP contribution in [0.2, 0.25) is 0 Å². The number of halogens is 1. The number of rotatable bonds is 1. The number of aryl methyl sites for hydroxylation is 2. The van der Waals surface area contributed by atoms with E-state index in [0.29, 0.717) is 4.80 Å². The standard InChI is InChI=1S/C16H13FN2OS/c1-10-6-5-9-13-14(10)19(2)16(21-13)18-15(20)11-7-3-4-8-12(11)17/h3-9H,1-2H3. The lowest BCUT2D eigenvalue weighted by molar-refractivity contribution is 0.0994. The lowest BCUT2D eigenvalue weighted by Crippen LogP contribution is -2.14. The molecule has 0 aliphatic heterocycles. The number of para-hydroxylation sites is 1. The van der Waals surface area contributed by atoms with E-state index in [1.807, 2.05) is 36.7 Å². The molecule has 0 saturated carbocycles. The van der Waals surface area contributed by atoms with Crippen LogP contribution in [0, 0.1) is 12.7 Å². The first-order valence-electron chi connectivity index (χ1n) is 6.46. The van der Waals surface area contributed by atoms with Gasteiger partial charge in [0, 0.05) is 7.05 Å². The highest BCUT2D eigenvalue weighted by Crippen LogP contribution is 2.20. The summed E-state index contributed by atoms with van der Waals surface area (Å²) in [6.07, 6.45) is 0. The van der Waals surface area contributed by atoms with Gasteiger partial charge in [0.25, 0.3) is 5.91 Å². The summed E-state index contributed by atoms with van der Waals surface area (Å²) in [5, 5.41) is 0. The van der Waals surface area contributed by atoms with Gasteiger partial charge in [-0.15, -0.1) is 0 Å². The van der Waals surface area contributed by atoms with E-state index in [1.54, 1.807) is 12.1 Å². The zero-order chi connectivity index (χ0) is 15.0. The molecule has 1 heterocycles. The molecular weight excluding hydrogens is 287 g/mol. The smallest absolute Gasteiger partial charge is 0.282 e. The molecular formula is C16H13FN2OS. The number of hydrogen-bond acceptors (Lipinski definition) is 2. The number of nitrogens with zero attached hydrogens (tertiary/aromatic N) is 2. The SMILES string of the molecule is Cc1cccc2sc(=NC(=O)c3ccccc3F)n(C)c12. The van der Waals surface area contributed by atoms with E-state index in [0.717, 1.165) is 15.8 Å². The van der Waals surface area contributed by atoms with Crippen LogP contribution in [0.5, 0.6) is 0 Å². The number of benzene rings is 2. The first kappa shape index (κ1) is 13.7. The molecule has 0 N–H and O–H groups in total. The van der Waals surface area contributed by atoms with Crippen LogP contribution < -0.4 is 4.80 Å². The van der Waals surface area contributed by atoms with Crippen LogP contribution in [0.15, 0.2) is 47.5 Å². The summed E-state index contributed by atoms with van der Waals surface area (Å²) in [5.41, 5.74) is 2.15. The number of hydrogen-bond donors (Lipinski definition) is 0. The van der Waals surface area contributed by atoms with Crippen molar-refractivity contribution < 1.29 is 9.18 Å². The van der Waals surface area contributed by atoms with Gasteiger partial charge >= 0.3 is 0 Å². The fraction of sp³-hybridized carbons (Fsp3) is 0.125. The fourth-order valence-electron chi connectivity index (χ4n) is 2.29. The molecule has 0 bridgehead atoms. The van der Waals surface area contributed by atoms with Crippen molar-refractivity contribution in [2.24, 2.45) is 12.0 Å². The van der Waals surface area contributed by atoms with Crippen LogP contribution in [0.3, 0.4) is 0 Å². The fourth-order valence-corrected chi connectivity index (χ4v) is 3.38. The third-order valence-corrected chi connectivity index (χ3v) is 4.42. The Balaban J connectivity index is 2.17. The van der Waals surface area contributed by atoms with Crippen molar-refractivity contribution in [3.8, 4) is 0 Å². The minimum atomic E-state index is -0.562. The molecule has 0 radical (unpaired) electrons. The van der Waals surface area contributed by atoms with E-state index >= 15 is 0 Å². The molecule has 0 fully saturated rings. The summed E-state index contributed by atoms with van der Waals surface area (Å²) < 4.78 is 16.6. The van der Waals surface area contributed by atoms with E-state index in [1.165, 1.54) is 23.5 Å². The van der Waals surface area contributed by atoms with Crippen LogP contribution in [-0.4, -0.2) is 10.5 Å². The summed E-state index contributed by atoms with van der Waals surface area (Å²) in [6, 6.07) is 11.8. The second-order valence-corrected chi connectivity index (χ2v) is 5.77. The van der Waals surface area contributed by atoms with Crippen molar-refractivity contribution in [2.75, 3.05) is 0 Å². The highest BCUT2D eigenvalue weighted by atomic mass is 32.1. The molecule has 0 atom stereocenters. The average Bonchev–Trinajstić information content (AvgIpc) is 2.77. The van der Waals surface area contributed by atoms with Crippen molar-refractivity contribution >= 4 is 27.5 Å². The molecule has 3 aromatic rings. The molecule has 2 aromatic carbocycles. The Morgan fingerprint density at radius 3 is 2.67 bits per heavy atom. The van der Waals surface area contributed by atoms with Gasteiger partial charge < -0.3 is 4.57 Å². The Kier molecular flexibility index (Phi) is 3.43. The van der Waals surface area contributed by atoms with Crippen LogP contribution in [-0.2, 0) is 7.05 Å². The van der Waals surface area contributed by atoms with E-state index in [4.69, 9.17) is 0 Å². The van der Waals surface area contributed by atoms with Gasteiger partial charge in [0.2, 0.25) is 0 Å². The van der Waals surface area contributed by atoms with Gasteiger partial charge in [0.1, 0.15) is 5.82 Å². The van der Waals surface area contributed by atoms with Gasteiger partial charge in [0.05, 0.1) is 15.8 Å². The predicted octanol–water partition coefficient (Wildman–Crippen LogP) is 3.43. The molecule has 0 unspecified atom stereocenters. The van der Waals surface area contributed by atoms with E-state index in [9.17, 15) is 9.18 Å². The van der Waals surface area contributed by atoms with Crippen LogP contribution in [0.1, 0.15) is 15.9 Å². The van der Waals surface area contributed by atoms with Crippen molar-refractivity contribution in [1.29, 1.82) is 0 Å². The second kappa shape index (κ2) is 5.26. The third kappa shape index (κ3) is 2.40. The van der Waals surface area contributed by atoms with Gasteiger partial charge in [-0.1, -0.05) is 35.6 Å². The number of thiazole rings is 1. The molecule has 0 aliphatic rings. The molecule has 1 aromatic heterocycles. The van der Waals surface area contributed by atoms with Gasteiger partial charge in [0.15, 0.2) is 4.80 Å². The normalized spacial score (nSPS) is 12.0. The maximum atomic E-state index is 13.6. The second-order valence-electron chi connectivity index (χ2n) is 4.76. The monoisotopic (exact) mass is 300 g/mol. The Morgan fingerprint density at radius 1 is 1.19 bits per heavy atom. The lowest BCUT2D eigenvalue weighted by Gasteiger charge is -1.99. The van der Waals surface area contributed by atoms with Crippen LogP contribution >= 0.6 is 11.3 Å². The first-order chi connectivity index (χ1) is 10.1. The highest BCUT2D eigenvalue weighted by Gasteiger charge is 2.11. The quantitative estimate of drug-likeness (QED) is 0.678. The third-order valence-electron chi connectivity index (χ3n) is 3.33. The summed E-state index contributed by atoms with van der Waals surface area (Å²) in [5.74, 6) is -1.11. The Labute approximate surface area is 125 Å². The van der Waals surface area contributed by atoms with Crippen molar-refractivity contribution in [3.63, 3.8) is 0 Å². The summed E-state index contributed by atoms with van der Waals surface area (Å²) in [6.45, 7) is 2.01. The minimum absolute atomic E-state index is 0.00771. The van der Waals surface area contributed by atoms with Gasteiger partial charge in [-0.2, -0.15) is 4.99 Å². The van der Waals surface area contributed by atoms with Gasteiger partial charge in [-0.3, -0.25) is 4.79 Å². The molecule has 0 aliphatic carbocycles. The van der Waals surface area contributed by atoms with Gasteiger partial charge in [-0.05, 0) is 30.7 Å². The van der Waals surface area contributed by atoms with Crippen molar-refractivity contribution in [1.82, 2.24) is 4.57 Å². The molecule has 1 amide bonds. The Morgan fingerprint density at radius 2 is 1.95 bits per heavy atom. The molecule has 0 spiro atoms. The van der Waals surface area contributed by atoms with Crippen LogP contribution in [0.4, 0.5) is 4.39 Å². The maximum Gasteiger partial charge on any atom is 0.282 e. The Hall–Kier alpha value is -2.27. The van der Waals surface area contributed by atoms with Crippen LogP contribution in [0.25, 0.3) is 10.2 Å². The number of amides is 1. The summed E-state index contributed by atoms with van der Waals surface area (Å²) in [4.78, 5) is 16.8. The zero-order valence-corrected chi connectivity index (χ0v) is 12.4. The van der Waals surface area contributed by atoms with Crippen molar-refractivity contribution in [2.45, 2.75) is 6.92 Å². The first-order valence-corrected chi connectivity index (χ1v) is 7.28. The number of aromatic nitrogens is 1. The topological polar surface area (TPSA) is 34.4 Å². The lowest BCUT2D eigenvalue weighted by atomic mass is 10.2. The molecule has 5 heteroatoms. The maximum absolute atomic E-state index is 13.6. The largest absolute Gasteiger partial charge is 0.319 e. The Bertz CT molecular complexity index is 908. The predicted molar refractivity (Wildman–Crippen MR) is 81.8 cm³/mol. The number of carbonyl (C=O) groups excluding carboxylic acids is 1. The minimum Gasteiger partial charge on any atom is -0.319 e. The molecule has 3 nitrogen and oxygen atoms in total. The molecule has 106 valence electrons. The van der Waals surface area contributed by atoms with E-state index < -0.39 is 11.7 Å². The zero-order valence-electron chi connectivity index (χ0n) is 11.6. The number of fused-ring (bicyclic) bond motifs is 1. The molecule has 21 heavy (non-hydrogen) atoms. The average molecular weight is 300 g/mol. The molecule has 3 rings (SSSR count). The number of carbonyl (C=O) groups is 1. The van der Waals surface area contributed by atoms with Gasteiger partial charge in [-0.25, -0.2) is 4.39 Å². The summed E-state index contributed by atoms with van der Waals surface area (Å²) in [7, 11) is 1.86. The highest BCUT2D eigenvalue weighted by molar-refractivity contribution is 7.16. The summed E-state index contributed by atoms with van der Waals surface area (Å²) >= 11 is 1.42. The van der Waals surface area contributed by atoms with E-state index in [2.05, 4.69) is 4.99 Å².